The Morgan fingerprint density at radius 2 is 2.18 bits per heavy atom. The summed E-state index contributed by atoms with van der Waals surface area (Å²) in [4.78, 5) is 14.0. The molecule has 0 spiro atoms. The molecule has 1 aliphatic heterocycles. The summed E-state index contributed by atoms with van der Waals surface area (Å²) in [6, 6.07) is 6.26. The molecule has 0 aliphatic carbocycles. The number of nitrogens with zero attached hydrogens (tertiary/aromatic N) is 1. The van der Waals surface area contributed by atoms with Crippen LogP contribution in [0, 0.1) is 5.82 Å². The van der Waals surface area contributed by atoms with Crippen LogP contribution in [0.5, 0.6) is 0 Å². The fourth-order valence-electron chi connectivity index (χ4n) is 2.64. The lowest BCUT2D eigenvalue weighted by atomic mass is 10.0. The van der Waals surface area contributed by atoms with E-state index in [9.17, 15) is 9.18 Å². The molecule has 1 aromatic rings. The fraction of sp³-hybridized carbons (Fsp3) is 0.562. The molecule has 0 aromatic heterocycles. The molecule has 2 amide bonds. The second kappa shape index (κ2) is 7.98. The number of amides is 2. The first-order chi connectivity index (χ1) is 10.6. The predicted molar refractivity (Wildman–Crippen MR) is 84.5 cm³/mol. The van der Waals surface area contributed by atoms with Gasteiger partial charge >= 0.3 is 6.03 Å². The van der Waals surface area contributed by atoms with Crippen LogP contribution in [0.15, 0.2) is 24.3 Å². The van der Waals surface area contributed by atoms with Gasteiger partial charge in [0.2, 0.25) is 0 Å². The quantitative estimate of drug-likeness (QED) is 0.778. The summed E-state index contributed by atoms with van der Waals surface area (Å²) in [5.41, 5.74) is 0.884. The second-order valence-corrected chi connectivity index (χ2v) is 5.65. The molecule has 2 rings (SSSR count). The zero-order valence-corrected chi connectivity index (χ0v) is 12.9. The van der Waals surface area contributed by atoms with Gasteiger partial charge in [-0.1, -0.05) is 13.0 Å². The fourth-order valence-corrected chi connectivity index (χ4v) is 2.64. The number of carbonyl (C=O) groups is 1. The van der Waals surface area contributed by atoms with E-state index in [0.717, 1.165) is 31.6 Å². The van der Waals surface area contributed by atoms with Crippen molar-refractivity contribution < 1.29 is 14.3 Å². The lowest BCUT2D eigenvalue weighted by molar-refractivity contribution is 0.210. The highest BCUT2D eigenvalue weighted by molar-refractivity contribution is 5.74. The Hall–Kier alpha value is -1.82. The van der Waals surface area contributed by atoms with Gasteiger partial charge in [0.15, 0.2) is 0 Å². The van der Waals surface area contributed by atoms with E-state index in [2.05, 4.69) is 15.5 Å². The highest BCUT2D eigenvalue weighted by atomic mass is 19.1. The van der Waals surface area contributed by atoms with Crippen molar-refractivity contribution in [3.8, 4) is 0 Å². The number of hydrogen-bond donors (Lipinski definition) is 3. The van der Waals surface area contributed by atoms with Gasteiger partial charge in [0, 0.05) is 24.8 Å². The Morgan fingerprint density at radius 1 is 1.45 bits per heavy atom. The van der Waals surface area contributed by atoms with E-state index in [1.54, 1.807) is 6.07 Å². The Balaban J connectivity index is 1.78. The van der Waals surface area contributed by atoms with Gasteiger partial charge in [-0.05, 0) is 37.5 Å². The van der Waals surface area contributed by atoms with E-state index < -0.39 is 0 Å². The first-order valence-electron chi connectivity index (χ1n) is 7.80. The third-order valence-corrected chi connectivity index (χ3v) is 4.05. The zero-order chi connectivity index (χ0) is 15.9. The van der Waals surface area contributed by atoms with Crippen LogP contribution in [-0.2, 0) is 0 Å². The molecule has 1 aliphatic rings. The average molecular weight is 309 g/mol. The van der Waals surface area contributed by atoms with Crippen LogP contribution in [-0.4, -0.2) is 42.9 Å². The van der Waals surface area contributed by atoms with E-state index in [4.69, 9.17) is 5.11 Å². The number of carbonyl (C=O) groups excluding carboxylic acids is 1. The van der Waals surface area contributed by atoms with E-state index in [-0.39, 0.29) is 30.5 Å². The predicted octanol–water partition coefficient (Wildman–Crippen LogP) is 1.86. The largest absolute Gasteiger partial charge is 0.394 e. The SMILES string of the molecule is CCC(CO)NC(=O)NC1CCN(c2cccc(F)c2)CC1. The molecular formula is C16H24FN3O2. The van der Waals surface area contributed by atoms with Gasteiger partial charge < -0.3 is 20.6 Å². The van der Waals surface area contributed by atoms with E-state index in [0.29, 0.717) is 6.42 Å². The van der Waals surface area contributed by atoms with Gasteiger partial charge in [0.05, 0.1) is 12.6 Å². The molecule has 3 N–H and O–H groups in total. The number of aliphatic hydroxyl groups excluding tert-OH is 1. The number of hydrogen-bond acceptors (Lipinski definition) is 3. The Morgan fingerprint density at radius 3 is 2.77 bits per heavy atom. The highest BCUT2D eigenvalue weighted by Gasteiger charge is 2.21. The topological polar surface area (TPSA) is 64.6 Å². The lowest BCUT2D eigenvalue weighted by Gasteiger charge is -2.34. The lowest BCUT2D eigenvalue weighted by Crippen LogP contribution is -2.50. The molecule has 1 saturated heterocycles. The molecule has 0 bridgehead atoms. The molecular weight excluding hydrogens is 285 g/mol. The molecule has 1 heterocycles. The van der Waals surface area contributed by atoms with Crippen molar-refractivity contribution in [3.05, 3.63) is 30.1 Å². The highest BCUT2D eigenvalue weighted by Crippen LogP contribution is 2.20. The number of rotatable bonds is 5. The standard InChI is InChI=1S/C16H24FN3O2/c1-2-13(11-21)18-16(22)19-14-6-8-20(9-7-14)15-5-3-4-12(17)10-15/h3-5,10,13-14,21H,2,6-9,11H2,1H3,(H2,18,19,22). The average Bonchev–Trinajstić information content (AvgIpc) is 2.53. The summed E-state index contributed by atoms with van der Waals surface area (Å²) in [5, 5.41) is 14.8. The number of urea groups is 1. The van der Waals surface area contributed by atoms with Crippen molar-refractivity contribution >= 4 is 11.7 Å². The first kappa shape index (κ1) is 16.5. The van der Waals surface area contributed by atoms with E-state index >= 15 is 0 Å². The van der Waals surface area contributed by atoms with Crippen molar-refractivity contribution in [2.45, 2.75) is 38.3 Å². The Bertz CT molecular complexity index is 486. The molecule has 1 fully saturated rings. The molecule has 122 valence electrons. The van der Waals surface area contributed by atoms with Crippen LogP contribution < -0.4 is 15.5 Å². The first-order valence-corrected chi connectivity index (χ1v) is 7.80. The van der Waals surface area contributed by atoms with Gasteiger partial charge in [-0.25, -0.2) is 9.18 Å². The van der Waals surface area contributed by atoms with Crippen molar-refractivity contribution in [1.82, 2.24) is 10.6 Å². The number of halogens is 1. The summed E-state index contributed by atoms with van der Waals surface area (Å²) in [7, 11) is 0. The van der Waals surface area contributed by atoms with Crippen molar-refractivity contribution in [3.63, 3.8) is 0 Å². The number of nitrogens with one attached hydrogen (secondary N) is 2. The summed E-state index contributed by atoms with van der Waals surface area (Å²) >= 11 is 0. The van der Waals surface area contributed by atoms with Crippen LogP contribution in [0.3, 0.4) is 0 Å². The smallest absolute Gasteiger partial charge is 0.315 e. The van der Waals surface area contributed by atoms with E-state index in [1.165, 1.54) is 12.1 Å². The number of anilines is 1. The minimum atomic E-state index is -0.231. The second-order valence-electron chi connectivity index (χ2n) is 5.65. The van der Waals surface area contributed by atoms with Crippen molar-refractivity contribution in [1.29, 1.82) is 0 Å². The molecule has 1 atom stereocenters. The summed E-state index contributed by atoms with van der Waals surface area (Å²) in [6.07, 6.45) is 2.33. The number of benzene rings is 1. The van der Waals surface area contributed by atoms with Gasteiger partial charge in [-0.15, -0.1) is 0 Å². The van der Waals surface area contributed by atoms with E-state index in [1.807, 2.05) is 13.0 Å². The Kier molecular flexibility index (Phi) is 6.00. The maximum absolute atomic E-state index is 13.2. The van der Waals surface area contributed by atoms with Crippen molar-refractivity contribution in [2.75, 3.05) is 24.6 Å². The maximum Gasteiger partial charge on any atom is 0.315 e. The summed E-state index contributed by atoms with van der Waals surface area (Å²) in [5.74, 6) is -0.230. The molecule has 6 heteroatoms. The molecule has 1 unspecified atom stereocenters. The summed E-state index contributed by atoms with van der Waals surface area (Å²) in [6.45, 7) is 3.43. The van der Waals surface area contributed by atoms with Crippen LogP contribution in [0.4, 0.5) is 14.9 Å². The molecule has 0 saturated carbocycles. The monoisotopic (exact) mass is 309 g/mol. The maximum atomic E-state index is 13.2. The summed E-state index contributed by atoms with van der Waals surface area (Å²) < 4.78 is 13.2. The van der Waals surface area contributed by atoms with Crippen LogP contribution in [0.25, 0.3) is 0 Å². The molecule has 1 aromatic carbocycles. The minimum absolute atomic E-state index is 0.0536. The minimum Gasteiger partial charge on any atom is -0.394 e. The third-order valence-electron chi connectivity index (χ3n) is 4.05. The molecule has 22 heavy (non-hydrogen) atoms. The Labute approximate surface area is 130 Å². The van der Waals surface area contributed by atoms with Crippen LogP contribution in [0.1, 0.15) is 26.2 Å². The molecule has 0 radical (unpaired) electrons. The van der Waals surface area contributed by atoms with Crippen LogP contribution in [0.2, 0.25) is 0 Å². The van der Waals surface area contributed by atoms with Crippen LogP contribution >= 0.6 is 0 Å². The third kappa shape index (κ3) is 4.59. The normalized spacial score (nSPS) is 17.1. The van der Waals surface area contributed by atoms with Crippen molar-refractivity contribution in [2.24, 2.45) is 0 Å². The van der Waals surface area contributed by atoms with Gasteiger partial charge in [-0.3, -0.25) is 0 Å². The van der Waals surface area contributed by atoms with Gasteiger partial charge in [0.25, 0.3) is 0 Å². The number of aliphatic hydroxyl groups is 1. The van der Waals surface area contributed by atoms with Gasteiger partial charge in [-0.2, -0.15) is 0 Å². The zero-order valence-electron chi connectivity index (χ0n) is 12.9. The number of piperidine rings is 1. The van der Waals surface area contributed by atoms with Gasteiger partial charge in [0.1, 0.15) is 5.82 Å². The molecule has 5 nitrogen and oxygen atoms in total.